The van der Waals surface area contributed by atoms with Crippen LogP contribution in [0.2, 0.25) is 5.02 Å². The first-order chi connectivity index (χ1) is 15.4. The summed E-state index contributed by atoms with van der Waals surface area (Å²) in [7, 11) is 0. The zero-order valence-corrected chi connectivity index (χ0v) is 18.2. The van der Waals surface area contributed by atoms with Gasteiger partial charge in [0.15, 0.2) is 11.6 Å². The Morgan fingerprint density at radius 2 is 1.97 bits per heavy atom. The predicted octanol–water partition coefficient (Wildman–Crippen LogP) is 5.63. The van der Waals surface area contributed by atoms with Gasteiger partial charge < -0.3 is 25.8 Å². The maximum absolute atomic E-state index is 14.3. The first kappa shape index (κ1) is 23.1. The van der Waals surface area contributed by atoms with Crippen LogP contribution in [0.3, 0.4) is 0 Å². The van der Waals surface area contributed by atoms with Crippen molar-refractivity contribution in [2.75, 3.05) is 22.6 Å². The van der Waals surface area contributed by atoms with E-state index >= 15 is 0 Å². The molecular formula is C23H23ClFN5O2. The molecule has 7 nitrogen and oxygen atoms in total. The van der Waals surface area contributed by atoms with Crippen molar-refractivity contribution in [3.8, 4) is 5.75 Å². The molecular weight excluding hydrogens is 433 g/mol. The van der Waals surface area contributed by atoms with E-state index in [0.29, 0.717) is 27.8 Å². The van der Waals surface area contributed by atoms with Crippen molar-refractivity contribution in [1.29, 1.82) is 0 Å². The van der Waals surface area contributed by atoms with Gasteiger partial charge in [-0.25, -0.2) is 9.37 Å². The van der Waals surface area contributed by atoms with Crippen molar-refractivity contribution in [3.05, 3.63) is 84.4 Å². The number of hydrogen-bond acceptors (Lipinski definition) is 7. The normalized spacial score (nSPS) is 11.4. The van der Waals surface area contributed by atoms with E-state index in [9.17, 15) is 9.50 Å². The molecule has 1 heterocycles. The molecule has 0 amide bonds. The summed E-state index contributed by atoms with van der Waals surface area (Å²) >= 11 is 6.15. The minimum absolute atomic E-state index is 0.00142. The molecule has 0 fully saturated rings. The van der Waals surface area contributed by atoms with Gasteiger partial charge in [0, 0.05) is 28.8 Å². The number of allylic oxidation sites excluding steroid dienone is 1. The fourth-order valence-electron chi connectivity index (χ4n) is 2.62. The lowest BCUT2D eigenvalue weighted by Crippen LogP contribution is -2.16. The number of aliphatic hydroxyl groups excluding tert-OH is 1. The monoisotopic (exact) mass is 455 g/mol. The van der Waals surface area contributed by atoms with Crippen molar-refractivity contribution in [2.24, 2.45) is 0 Å². The lowest BCUT2D eigenvalue weighted by molar-refractivity contribution is 0.130. The molecule has 32 heavy (non-hydrogen) atoms. The predicted molar refractivity (Wildman–Crippen MR) is 127 cm³/mol. The SMILES string of the molecule is C=CC(=C)Nc1cccc(Nc2nc(Nc3ccc(Cl)c(OC(C)CO)c3)ncc2F)c1. The van der Waals surface area contributed by atoms with Crippen LogP contribution in [0.1, 0.15) is 6.92 Å². The van der Waals surface area contributed by atoms with Gasteiger partial charge in [0.1, 0.15) is 11.9 Å². The fraction of sp³-hybridized carbons (Fsp3) is 0.130. The number of benzene rings is 2. The molecule has 4 N–H and O–H groups in total. The molecule has 3 rings (SSSR count). The highest BCUT2D eigenvalue weighted by Gasteiger charge is 2.11. The Balaban J connectivity index is 1.78. The summed E-state index contributed by atoms with van der Waals surface area (Å²) in [6.07, 6.45) is 2.25. The molecule has 0 aliphatic heterocycles. The molecule has 1 unspecified atom stereocenters. The Labute approximate surface area is 190 Å². The lowest BCUT2D eigenvalue weighted by atomic mass is 10.2. The molecule has 166 valence electrons. The fourth-order valence-corrected chi connectivity index (χ4v) is 2.78. The Morgan fingerprint density at radius 3 is 2.72 bits per heavy atom. The molecule has 0 spiro atoms. The van der Waals surface area contributed by atoms with Crippen molar-refractivity contribution >= 4 is 40.4 Å². The number of anilines is 5. The molecule has 1 atom stereocenters. The van der Waals surface area contributed by atoms with Gasteiger partial charge in [-0.1, -0.05) is 30.8 Å². The summed E-state index contributed by atoms with van der Waals surface area (Å²) in [6.45, 7) is 9.03. The van der Waals surface area contributed by atoms with Crippen molar-refractivity contribution in [1.82, 2.24) is 9.97 Å². The van der Waals surface area contributed by atoms with Gasteiger partial charge in [0.25, 0.3) is 0 Å². The van der Waals surface area contributed by atoms with Gasteiger partial charge in [-0.3, -0.25) is 0 Å². The van der Waals surface area contributed by atoms with E-state index in [0.717, 1.165) is 11.9 Å². The number of rotatable bonds is 10. The van der Waals surface area contributed by atoms with Gasteiger partial charge in [-0.05, 0) is 43.3 Å². The Hall–Kier alpha value is -3.62. The standard InChI is InChI=1S/C23H23ClFN5O2/c1-4-14(2)27-16-6-5-7-17(10-16)28-22-20(25)12-26-23(30-22)29-18-8-9-19(24)21(11-18)32-15(3)13-31/h4-12,15,27,31H,1-2,13H2,3H3,(H2,26,28,29,30). The third-order valence-corrected chi connectivity index (χ3v) is 4.51. The topological polar surface area (TPSA) is 91.3 Å². The van der Waals surface area contributed by atoms with Crippen LogP contribution in [0.15, 0.2) is 73.6 Å². The molecule has 0 saturated heterocycles. The zero-order valence-electron chi connectivity index (χ0n) is 17.4. The number of hydrogen-bond donors (Lipinski definition) is 4. The zero-order chi connectivity index (χ0) is 23.1. The summed E-state index contributed by atoms with van der Waals surface area (Å²) in [5, 5.41) is 18.6. The van der Waals surface area contributed by atoms with E-state index in [2.05, 4.69) is 39.1 Å². The molecule has 0 saturated carbocycles. The molecule has 0 aliphatic carbocycles. The smallest absolute Gasteiger partial charge is 0.229 e. The first-order valence-electron chi connectivity index (χ1n) is 9.70. The average Bonchev–Trinajstić information content (AvgIpc) is 2.78. The molecule has 0 aliphatic rings. The highest BCUT2D eigenvalue weighted by Crippen LogP contribution is 2.30. The van der Waals surface area contributed by atoms with E-state index < -0.39 is 11.9 Å². The van der Waals surface area contributed by atoms with E-state index in [1.165, 1.54) is 0 Å². The second kappa shape index (κ2) is 10.6. The van der Waals surface area contributed by atoms with Gasteiger partial charge in [-0.2, -0.15) is 4.98 Å². The molecule has 2 aromatic carbocycles. The minimum atomic E-state index is -0.610. The van der Waals surface area contributed by atoms with Gasteiger partial charge >= 0.3 is 0 Å². The third-order valence-electron chi connectivity index (χ3n) is 4.19. The second-order valence-corrected chi connectivity index (χ2v) is 7.24. The minimum Gasteiger partial charge on any atom is -0.487 e. The van der Waals surface area contributed by atoms with Crippen molar-refractivity contribution < 1.29 is 14.2 Å². The Morgan fingerprint density at radius 1 is 1.22 bits per heavy atom. The largest absolute Gasteiger partial charge is 0.487 e. The quantitative estimate of drug-likeness (QED) is 0.294. The highest BCUT2D eigenvalue weighted by atomic mass is 35.5. The second-order valence-electron chi connectivity index (χ2n) is 6.83. The lowest BCUT2D eigenvalue weighted by Gasteiger charge is -2.15. The van der Waals surface area contributed by atoms with E-state index in [-0.39, 0.29) is 18.4 Å². The molecule has 0 bridgehead atoms. The van der Waals surface area contributed by atoms with Crippen LogP contribution in [0, 0.1) is 5.82 Å². The van der Waals surface area contributed by atoms with E-state index in [4.69, 9.17) is 16.3 Å². The van der Waals surface area contributed by atoms with Crippen molar-refractivity contribution in [2.45, 2.75) is 13.0 Å². The maximum atomic E-state index is 14.3. The van der Waals surface area contributed by atoms with Crippen LogP contribution in [-0.4, -0.2) is 27.8 Å². The van der Waals surface area contributed by atoms with Crippen molar-refractivity contribution in [3.63, 3.8) is 0 Å². The summed E-state index contributed by atoms with van der Waals surface area (Å²) in [4.78, 5) is 8.21. The molecule has 3 aromatic rings. The number of nitrogens with zero attached hydrogens (tertiary/aromatic N) is 2. The van der Waals surface area contributed by atoms with E-state index in [1.54, 1.807) is 43.3 Å². The summed E-state index contributed by atoms with van der Waals surface area (Å²) < 4.78 is 19.9. The Bertz CT molecular complexity index is 1130. The molecule has 9 heteroatoms. The number of aromatic nitrogens is 2. The third kappa shape index (κ3) is 6.19. The number of ether oxygens (including phenoxy) is 1. The Kier molecular flexibility index (Phi) is 7.64. The van der Waals surface area contributed by atoms with E-state index in [1.807, 2.05) is 12.1 Å². The molecule has 1 aromatic heterocycles. The number of nitrogens with one attached hydrogen (secondary N) is 3. The first-order valence-corrected chi connectivity index (χ1v) is 10.1. The van der Waals surface area contributed by atoms with Gasteiger partial charge in [-0.15, -0.1) is 0 Å². The highest BCUT2D eigenvalue weighted by molar-refractivity contribution is 6.32. The summed E-state index contributed by atoms with van der Waals surface area (Å²) in [6, 6.07) is 12.2. The van der Waals surface area contributed by atoms with Crippen LogP contribution >= 0.6 is 11.6 Å². The average molecular weight is 456 g/mol. The van der Waals surface area contributed by atoms with Crippen LogP contribution in [0.25, 0.3) is 0 Å². The summed E-state index contributed by atoms with van der Waals surface area (Å²) in [5.41, 5.74) is 2.61. The number of halogens is 2. The van der Waals surface area contributed by atoms with Gasteiger partial charge in [0.05, 0.1) is 17.8 Å². The van der Waals surface area contributed by atoms with Crippen LogP contribution in [-0.2, 0) is 0 Å². The molecule has 0 radical (unpaired) electrons. The van der Waals surface area contributed by atoms with Crippen LogP contribution in [0.4, 0.5) is 33.2 Å². The maximum Gasteiger partial charge on any atom is 0.229 e. The van der Waals surface area contributed by atoms with Gasteiger partial charge in [0.2, 0.25) is 5.95 Å². The summed E-state index contributed by atoms with van der Waals surface area (Å²) in [5.74, 6) is -0.0429. The van der Waals surface area contributed by atoms with Crippen LogP contribution < -0.4 is 20.7 Å². The van der Waals surface area contributed by atoms with Crippen LogP contribution in [0.5, 0.6) is 5.75 Å². The number of aliphatic hydroxyl groups is 1.